The van der Waals surface area contributed by atoms with Crippen molar-refractivity contribution < 1.29 is 4.79 Å². The van der Waals surface area contributed by atoms with E-state index in [1.54, 1.807) is 42.5 Å². The van der Waals surface area contributed by atoms with Crippen molar-refractivity contribution in [3.8, 4) is 5.69 Å². The Balaban J connectivity index is 1.41. The van der Waals surface area contributed by atoms with Gasteiger partial charge in [0.2, 0.25) is 0 Å². The first-order chi connectivity index (χ1) is 15.5. The first-order valence-corrected chi connectivity index (χ1v) is 10.3. The smallest absolute Gasteiger partial charge is 0.290 e. The molecule has 0 bridgehead atoms. The highest BCUT2D eigenvalue weighted by Gasteiger charge is 2.21. The Morgan fingerprint density at radius 1 is 0.969 bits per heavy atom. The lowest BCUT2D eigenvalue weighted by Crippen LogP contribution is -2.32. The Hall–Kier alpha value is -4.26. The van der Waals surface area contributed by atoms with Crippen LogP contribution >= 0.6 is 0 Å². The van der Waals surface area contributed by atoms with Gasteiger partial charge in [-0.15, -0.1) is 0 Å². The van der Waals surface area contributed by atoms with Gasteiger partial charge >= 0.3 is 0 Å². The van der Waals surface area contributed by atoms with Crippen LogP contribution in [0.5, 0.6) is 0 Å². The minimum atomic E-state index is -0.343. The van der Waals surface area contributed by atoms with E-state index in [2.05, 4.69) is 15.0 Å². The van der Waals surface area contributed by atoms with E-state index in [0.717, 1.165) is 22.3 Å². The predicted octanol–water partition coefficient (Wildman–Crippen LogP) is 4.10. The fourth-order valence-electron chi connectivity index (χ4n) is 3.83. The third-order valence-electron chi connectivity index (χ3n) is 5.82. The summed E-state index contributed by atoms with van der Waals surface area (Å²) < 4.78 is 2.03. The third kappa shape index (κ3) is 3.33. The van der Waals surface area contributed by atoms with Crippen LogP contribution in [0.3, 0.4) is 0 Å². The summed E-state index contributed by atoms with van der Waals surface area (Å²) in [7, 11) is 1.71. The number of benzene rings is 3. The van der Waals surface area contributed by atoms with E-state index in [0.29, 0.717) is 10.9 Å². The van der Waals surface area contributed by atoms with Gasteiger partial charge in [-0.25, -0.2) is 9.97 Å². The molecule has 5 aromatic rings. The van der Waals surface area contributed by atoms with E-state index < -0.39 is 0 Å². The molecular formula is C25H21N5O2. The Bertz CT molecular complexity index is 1500. The Kier molecular flexibility index (Phi) is 4.78. The fourth-order valence-corrected chi connectivity index (χ4v) is 3.83. The Morgan fingerprint density at radius 2 is 1.66 bits per heavy atom. The first kappa shape index (κ1) is 19.7. The van der Waals surface area contributed by atoms with E-state index >= 15 is 0 Å². The molecule has 0 aliphatic carbocycles. The van der Waals surface area contributed by atoms with Gasteiger partial charge in [0, 0.05) is 12.7 Å². The number of aromatic amines is 1. The lowest BCUT2D eigenvalue weighted by atomic mass is 10.1. The Morgan fingerprint density at radius 3 is 2.44 bits per heavy atom. The van der Waals surface area contributed by atoms with Crippen LogP contribution in [0.25, 0.3) is 27.6 Å². The van der Waals surface area contributed by atoms with Crippen molar-refractivity contribution in [1.29, 1.82) is 0 Å². The highest BCUT2D eigenvalue weighted by atomic mass is 16.2. The van der Waals surface area contributed by atoms with E-state index in [-0.39, 0.29) is 23.3 Å². The molecule has 2 heterocycles. The molecule has 1 N–H and O–H groups in total. The average molecular weight is 423 g/mol. The largest absolute Gasteiger partial charge is 0.332 e. The number of carbonyl (C=O) groups is 1. The molecule has 0 aliphatic heterocycles. The van der Waals surface area contributed by atoms with Gasteiger partial charge < -0.3 is 9.88 Å². The van der Waals surface area contributed by atoms with E-state index in [9.17, 15) is 9.59 Å². The summed E-state index contributed by atoms with van der Waals surface area (Å²) in [6, 6.07) is 22.7. The van der Waals surface area contributed by atoms with E-state index in [4.69, 9.17) is 0 Å². The molecule has 0 saturated carbocycles. The van der Waals surface area contributed by atoms with Gasteiger partial charge in [-0.05, 0) is 48.9 Å². The zero-order valence-electron chi connectivity index (χ0n) is 17.7. The number of rotatable bonds is 4. The van der Waals surface area contributed by atoms with Crippen LogP contribution in [0.2, 0.25) is 0 Å². The minimum absolute atomic E-state index is 0.0320. The van der Waals surface area contributed by atoms with Gasteiger partial charge in [0.15, 0.2) is 5.82 Å². The van der Waals surface area contributed by atoms with Crippen molar-refractivity contribution in [3.05, 3.63) is 101 Å². The number of amides is 1. The summed E-state index contributed by atoms with van der Waals surface area (Å²) in [5, 5.41) is 0.461. The van der Waals surface area contributed by atoms with Crippen LogP contribution in [0.1, 0.15) is 29.1 Å². The number of hydrogen-bond acceptors (Lipinski definition) is 4. The average Bonchev–Trinajstić information content (AvgIpc) is 3.27. The number of nitrogens with one attached hydrogen (secondary N) is 1. The van der Waals surface area contributed by atoms with Crippen LogP contribution < -0.4 is 5.56 Å². The van der Waals surface area contributed by atoms with Crippen LogP contribution in [-0.2, 0) is 0 Å². The summed E-state index contributed by atoms with van der Waals surface area (Å²) in [5.74, 6) is -0.311. The van der Waals surface area contributed by atoms with Gasteiger partial charge in [0.25, 0.3) is 11.5 Å². The van der Waals surface area contributed by atoms with Crippen LogP contribution in [0.15, 0.2) is 83.9 Å². The maximum Gasteiger partial charge on any atom is 0.290 e. The predicted molar refractivity (Wildman–Crippen MR) is 124 cm³/mol. The molecule has 0 aliphatic rings. The number of carbonyl (C=O) groups excluding carboxylic acids is 1. The first-order valence-electron chi connectivity index (χ1n) is 10.3. The maximum atomic E-state index is 13.0. The minimum Gasteiger partial charge on any atom is -0.332 e. The zero-order valence-corrected chi connectivity index (χ0v) is 17.7. The third-order valence-corrected chi connectivity index (χ3v) is 5.82. The van der Waals surface area contributed by atoms with Crippen molar-refractivity contribution in [2.75, 3.05) is 7.05 Å². The van der Waals surface area contributed by atoms with Crippen molar-refractivity contribution in [1.82, 2.24) is 24.4 Å². The lowest BCUT2D eigenvalue weighted by molar-refractivity contribution is 0.0730. The van der Waals surface area contributed by atoms with Gasteiger partial charge in [0.05, 0.1) is 28.0 Å². The van der Waals surface area contributed by atoms with Crippen molar-refractivity contribution in [2.24, 2.45) is 0 Å². The number of aromatic nitrogens is 4. The molecule has 0 fully saturated rings. The normalized spacial score (nSPS) is 12.2. The second-order valence-electron chi connectivity index (χ2n) is 7.72. The number of hydrogen-bond donors (Lipinski definition) is 1. The highest BCUT2D eigenvalue weighted by Crippen LogP contribution is 2.23. The van der Waals surface area contributed by atoms with Gasteiger partial charge in [-0.3, -0.25) is 14.2 Å². The summed E-state index contributed by atoms with van der Waals surface area (Å²) in [5.41, 5.74) is 4.11. The highest BCUT2D eigenvalue weighted by molar-refractivity contribution is 5.92. The molecule has 1 atom stereocenters. The molecule has 0 radical (unpaired) electrons. The second-order valence-corrected chi connectivity index (χ2v) is 7.72. The molecule has 0 spiro atoms. The maximum absolute atomic E-state index is 13.0. The van der Waals surface area contributed by atoms with Crippen LogP contribution in [0.4, 0.5) is 0 Å². The molecule has 0 saturated heterocycles. The molecule has 7 heteroatoms. The summed E-state index contributed by atoms with van der Waals surface area (Å²) in [6.07, 6.45) is 1.81. The molecule has 3 aromatic carbocycles. The summed E-state index contributed by atoms with van der Waals surface area (Å²) >= 11 is 0. The molecule has 7 nitrogen and oxygen atoms in total. The molecule has 5 rings (SSSR count). The molecule has 2 aromatic heterocycles. The molecule has 158 valence electrons. The van der Waals surface area contributed by atoms with Crippen LogP contribution in [0, 0.1) is 0 Å². The molecular weight excluding hydrogens is 402 g/mol. The summed E-state index contributed by atoms with van der Waals surface area (Å²) in [6.45, 7) is 1.94. The number of para-hydroxylation sites is 3. The molecule has 1 amide bonds. The van der Waals surface area contributed by atoms with Crippen molar-refractivity contribution >= 4 is 27.8 Å². The SMILES string of the molecule is CC(c1ccc(-n2cnc3ccccc32)cc1)N(C)C(=O)c1nc2ccccc2c(=O)[nH]1. The van der Waals surface area contributed by atoms with Crippen LogP contribution in [-0.4, -0.2) is 37.4 Å². The monoisotopic (exact) mass is 423 g/mol. The lowest BCUT2D eigenvalue weighted by Gasteiger charge is -2.25. The second kappa shape index (κ2) is 7.77. The van der Waals surface area contributed by atoms with E-state index in [1.165, 1.54) is 0 Å². The number of imidazole rings is 1. The quantitative estimate of drug-likeness (QED) is 0.472. The fraction of sp³-hybridized carbons (Fsp3) is 0.120. The molecule has 1 unspecified atom stereocenters. The van der Waals surface area contributed by atoms with Gasteiger partial charge in [-0.2, -0.15) is 0 Å². The molecule has 32 heavy (non-hydrogen) atoms. The summed E-state index contributed by atoms with van der Waals surface area (Å²) in [4.78, 5) is 38.4. The van der Waals surface area contributed by atoms with Crippen molar-refractivity contribution in [2.45, 2.75) is 13.0 Å². The van der Waals surface area contributed by atoms with E-state index in [1.807, 2.05) is 60.0 Å². The Labute approximate surface area is 184 Å². The standard InChI is InChI=1S/C25H21N5O2/c1-16(29(2)25(32)23-27-20-8-4-3-7-19(20)24(31)28-23)17-11-13-18(14-12-17)30-15-26-21-9-5-6-10-22(21)30/h3-16H,1-2H3,(H,27,28,31). The van der Waals surface area contributed by atoms with Crippen molar-refractivity contribution in [3.63, 3.8) is 0 Å². The topological polar surface area (TPSA) is 83.9 Å². The number of fused-ring (bicyclic) bond motifs is 2. The van der Waals surface area contributed by atoms with Gasteiger partial charge in [-0.1, -0.05) is 36.4 Å². The zero-order chi connectivity index (χ0) is 22.2. The van der Waals surface area contributed by atoms with Gasteiger partial charge in [0.1, 0.15) is 6.33 Å². The number of nitrogens with zero attached hydrogens (tertiary/aromatic N) is 4. The number of H-pyrrole nitrogens is 1.